The lowest BCUT2D eigenvalue weighted by Crippen LogP contribution is -2.54. The van der Waals surface area contributed by atoms with Crippen molar-refractivity contribution in [2.45, 2.75) is 31.3 Å². The van der Waals surface area contributed by atoms with Crippen LogP contribution < -0.4 is 21.1 Å². The highest BCUT2D eigenvalue weighted by Gasteiger charge is 2.47. The second kappa shape index (κ2) is 19.7. The number of esters is 1. The van der Waals surface area contributed by atoms with E-state index in [1.165, 1.54) is 12.1 Å². The number of hydrogen-bond donors (Lipinski definition) is 3. The number of alkyl halides is 3. The van der Waals surface area contributed by atoms with Crippen LogP contribution in [0.1, 0.15) is 33.6 Å². The Bertz CT molecular complexity index is 1330. The Labute approximate surface area is 277 Å². The molecule has 2 aliphatic heterocycles. The first-order valence-corrected chi connectivity index (χ1v) is 15.1. The first kappa shape index (κ1) is 39.2. The van der Waals surface area contributed by atoms with E-state index in [-0.39, 0.29) is 51.4 Å². The van der Waals surface area contributed by atoms with E-state index in [1.807, 2.05) is 5.32 Å². The molecule has 1 aromatic carbocycles. The minimum atomic E-state index is -5.50. The first-order valence-electron chi connectivity index (χ1n) is 15.1. The second-order valence-corrected chi connectivity index (χ2v) is 10.1. The molecule has 2 unspecified atom stereocenters. The number of carbonyl (C=O) groups is 6. The highest BCUT2D eigenvalue weighted by atomic mass is 19.4. The number of ether oxygens (including phenoxy) is 7. The molecule has 0 spiro atoms. The second-order valence-electron chi connectivity index (χ2n) is 10.1. The Balaban J connectivity index is 1.46. The van der Waals surface area contributed by atoms with Gasteiger partial charge in [0.2, 0.25) is 11.8 Å². The molecule has 1 fully saturated rings. The third-order valence-electron chi connectivity index (χ3n) is 6.62. The maximum Gasteiger partial charge on any atom is 0.491 e. The van der Waals surface area contributed by atoms with Gasteiger partial charge < -0.3 is 44.2 Å². The summed E-state index contributed by atoms with van der Waals surface area (Å²) in [6.07, 6.45) is -8.37. The van der Waals surface area contributed by atoms with Gasteiger partial charge in [-0.3, -0.25) is 34.2 Å². The van der Waals surface area contributed by atoms with Crippen LogP contribution in [0.25, 0.3) is 0 Å². The number of piperidine rings is 1. The van der Waals surface area contributed by atoms with Crippen molar-refractivity contribution in [1.29, 1.82) is 0 Å². The molecule has 17 nitrogen and oxygen atoms in total. The van der Waals surface area contributed by atoms with Crippen molar-refractivity contribution in [1.82, 2.24) is 15.5 Å². The monoisotopic (exact) mass is 706 g/mol. The van der Waals surface area contributed by atoms with Gasteiger partial charge in [0.05, 0.1) is 77.2 Å². The van der Waals surface area contributed by atoms with Crippen LogP contribution in [0.3, 0.4) is 0 Å². The van der Waals surface area contributed by atoms with Gasteiger partial charge in [-0.1, -0.05) is 6.07 Å². The highest BCUT2D eigenvalue weighted by molar-refractivity contribution is 6.24. The number of rotatable bonds is 22. The zero-order valence-corrected chi connectivity index (χ0v) is 26.3. The fourth-order valence-corrected chi connectivity index (χ4v) is 4.39. The molecule has 1 aromatic rings. The van der Waals surface area contributed by atoms with Crippen LogP contribution in [-0.4, -0.2) is 138 Å². The van der Waals surface area contributed by atoms with Crippen LogP contribution >= 0.6 is 0 Å². The van der Waals surface area contributed by atoms with Gasteiger partial charge >= 0.3 is 24.3 Å². The summed E-state index contributed by atoms with van der Waals surface area (Å²) in [5.74, 6) is -8.16. The molecule has 2 heterocycles. The summed E-state index contributed by atoms with van der Waals surface area (Å²) in [4.78, 5) is 75.1. The lowest BCUT2D eigenvalue weighted by Gasteiger charge is -2.27. The molecular formula is C29H37F3N4O13. The molecule has 0 aromatic heterocycles. The fourth-order valence-electron chi connectivity index (χ4n) is 4.39. The molecule has 2 atom stereocenters. The van der Waals surface area contributed by atoms with Gasteiger partial charge in [0.1, 0.15) is 11.8 Å². The minimum absolute atomic E-state index is 0.0980. The van der Waals surface area contributed by atoms with Gasteiger partial charge in [0.15, 0.2) is 0 Å². The van der Waals surface area contributed by atoms with Gasteiger partial charge in [0, 0.05) is 19.5 Å². The quantitative estimate of drug-likeness (QED) is 0.0574. The van der Waals surface area contributed by atoms with Crippen LogP contribution in [-0.2, 0) is 47.6 Å². The van der Waals surface area contributed by atoms with Crippen molar-refractivity contribution in [3.63, 3.8) is 0 Å². The van der Waals surface area contributed by atoms with Gasteiger partial charge in [0.25, 0.3) is 11.8 Å². The summed E-state index contributed by atoms with van der Waals surface area (Å²) in [6.45, 7) is 3.00. The largest absolute Gasteiger partial charge is 0.491 e. The van der Waals surface area contributed by atoms with Gasteiger partial charge in [-0.05, 0) is 18.6 Å². The van der Waals surface area contributed by atoms with Crippen molar-refractivity contribution >= 4 is 35.5 Å². The van der Waals surface area contributed by atoms with Crippen LogP contribution in [0.2, 0.25) is 0 Å². The predicted molar refractivity (Wildman–Crippen MR) is 156 cm³/mol. The number of nitrogens with one attached hydrogen (secondary N) is 2. The molecular weight excluding hydrogens is 669 g/mol. The molecule has 3 rings (SSSR count). The average molecular weight is 707 g/mol. The SMILES string of the molecule is NCCOCCOCCOCCOCCOCCNC(=O)C(OC(=O)C(F)(F)F)Oc1cccc2c1C(=O)N(C1CCC(=O)NC1=O)C2=O. The third-order valence-corrected chi connectivity index (χ3v) is 6.62. The lowest BCUT2D eigenvalue weighted by molar-refractivity contribution is -0.216. The van der Waals surface area contributed by atoms with E-state index in [2.05, 4.69) is 10.1 Å². The van der Waals surface area contributed by atoms with E-state index in [9.17, 15) is 41.9 Å². The summed E-state index contributed by atoms with van der Waals surface area (Å²) >= 11 is 0. The highest BCUT2D eigenvalue weighted by Crippen LogP contribution is 2.34. The van der Waals surface area contributed by atoms with Gasteiger partial charge in [-0.2, -0.15) is 13.2 Å². The van der Waals surface area contributed by atoms with Crippen molar-refractivity contribution in [2.75, 3.05) is 79.2 Å². The lowest BCUT2D eigenvalue weighted by atomic mass is 10.0. The zero-order chi connectivity index (χ0) is 35.8. The Kier molecular flexibility index (Phi) is 15.8. The van der Waals surface area contributed by atoms with Gasteiger partial charge in [-0.25, -0.2) is 4.79 Å². The fraction of sp³-hybridized carbons (Fsp3) is 0.586. The zero-order valence-electron chi connectivity index (χ0n) is 26.3. The maximum absolute atomic E-state index is 13.3. The number of nitrogens with zero attached hydrogens (tertiary/aromatic N) is 1. The standard InChI is InChI=1S/C29H37F3N4O13/c30-29(31,32)28(42)49-27(24(39)34-7-9-44-11-13-46-15-17-47-16-14-45-12-10-43-8-6-33)48-20-3-1-2-18-22(20)26(41)36(25(18)40)19-4-5-21(37)35-23(19)38/h1-3,19,27H,4-17,33H2,(H,34,39)(H,35,37,38). The van der Waals surface area contributed by atoms with Crippen molar-refractivity contribution in [3.8, 4) is 5.75 Å². The van der Waals surface area contributed by atoms with E-state index in [0.717, 1.165) is 6.07 Å². The smallest absolute Gasteiger partial charge is 0.445 e. The number of halogens is 3. The van der Waals surface area contributed by atoms with Crippen LogP contribution in [0.15, 0.2) is 18.2 Å². The van der Waals surface area contributed by atoms with Gasteiger partial charge in [-0.15, -0.1) is 0 Å². The molecule has 5 amide bonds. The van der Waals surface area contributed by atoms with Crippen LogP contribution in [0.5, 0.6) is 5.75 Å². The van der Waals surface area contributed by atoms with Crippen LogP contribution in [0.4, 0.5) is 13.2 Å². The molecule has 49 heavy (non-hydrogen) atoms. The van der Waals surface area contributed by atoms with E-state index >= 15 is 0 Å². The van der Waals surface area contributed by atoms with Crippen molar-refractivity contribution < 1.29 is 75.1 Å². The summed E-state index contributed by atoms with van der Waals surface area (Å²) in [6, 6.07) is 2.11. The number of nitrogens with two attached hydrogens (primary N) is 1. The number of imide groups is 2. The Morgan fingerprint density at radius 2 is 1.45 bits per heavy atom. The molecule has 1 saturated heterocycles. The number of hydrogen-bond acceptors (Lipinski definition) is 14. The molecule has 0 aliphatic carbocycles. The molecule has 20 heteroatoms. The maximum atomic E-state index is 13.3. The molecule has 0 radical (unpaired) electrons. The molecule has 4 N–H and O–H groups in total. The topological polar surface area (TPSA) is 220 Å². The summed E-state index contributed by atoms with van der Waals surface area (Å²) in [5.41, 5.74) is 4.53. The number of amides is 5. The van der Waals surface area contributed by atoms with E-state index in [0.29, 0.717) is 51.1 Å². The molecule has 0 bridgehead atoms. The predicted octanol–water partition coefficient (Wildman–Crippen LogP) is -0.944. The van der Waals surface area contributed by atoms with Crippen LogP contribution in [0, 0.1) is 0 Å². The normalized spacial score (nSPS) is 16.7. The first-order chi connectivity index (χ1) is 23.5. The van der Waals surface area contributed by atoms with E-state index in [1.54, 1.807) is 0 Å². The number of fused-ring (bicyclic) bond motifs is 1. The Hall–Kier alpha value is -4.21. The summed E-state index contributed by atoms with van der Waals surface area (Å²) in [5, 5.41) is 4.23. The molecule has 0 saturated carbocycles. The molecule has 272 valence electrons. The van der Waals surface area contributed by atoms with Crippen molar-refractivity contribution in [3.05, 3.63) is 29.3 Å². The van der Waals surface area contributed by atoms with E-state index in [4.69, 9.17) is 34.2 Å². The Morgan fingerprint density at radius 3 is 2.00 bits per heavy atom. The molecule has 2 aliphatic rings. The number of benzene rings is 1. The third kappa shape index (κ3) is 12.0. The van der Waals surface area contributed by atoms with Crippen molar-refractivity contribution in [2.24, 2.45) is 5.73 Å². The average Bonchev–Trinajstić information content (AvgIpc) is 3.31. The summed E-state index contributed by atoms with van der Waals surface area (Å²) in [7, 11) is 0. The Morgan fingerprint density at radius 1 is 0.878 bits per heavy atom. The summed E-state index contributed by atoms with van der Waals surface area (Å²) < 4.78 is 75.0. The van der Waals surface area contributed by atoms with E-state index < -0.39 is 65.3 Å². The number of carbonyl (C=O) groups excluding carboxylic acids is 6. The minimum Gasteiger partial charge on any atom is -0.445 e.